The third-order valence-electron chi connectivity index (χ3n) is 5.03. The second kappa shape index (κ2) is 7.63. The molecule has 9 heteroatoms. The predicted octanol–water partition coefficient (Wildman–Crippen LogP) is 1.36. The molecule has 0 radical (unpaired) electrons. The highest BCUT2D eigenvalue weighted by Crippen LogP contribution is 2.36. The summed E-state index contributed by atoms with van der Waals surface area (Å²) in [5.74, 6) is 0.677. The molecule has 2 saturated heterocycles. The Morgan fingerprint density at radius 2 is 1.89 bits per heavy atom. The average Bonchev–Trinajstić information content (AvgIpc) is 3.45. The molecule has 2 aliphatic rings. The van der Waals surface area contributed by atoms with Crippen molar-refractivity contribution in [3.8, 4) is 11.8 Å². The van der Waals surface area contributed by atoms with Crippen LogP contribution >= 0.6 is 0 Å². The van der Waals surface area contributed by atoms with E-state index in [0.29, 0.717) is 31.5 Å². The molecule has 3 aromatic rings. The van der Waals surface area contributed by atoms with E-state index in [1.807, 2.05) is 48.5 Å². The number of nitrogens with one attached hydrogen (secondary N) is 1. The van der Waals surface area contributed by atoms with Gasteiger partial charge in [-0.15, -0.1) is 0 Å². The monoisotopic (exact) mass is 380 g/mol. The molecule has 1 aromatic carbocycles. The van der Waals surface area contributed by atoms with Gasteiger partial charge in [0.1, 0.15) is 24.0 Å². The average molecular weight is 380 g/mol. The lowest BCUT2D eigenvalue weighted by molar-refractivity contribution is 0.0611. The molecule has 4 heterocycles. The third kappa shape index (κ3) is 3.35. The zero-order valence-electron chi connectivity index (χ0n) is 15.1. The summed E-state index contributed by atoms with van der Waals surface area (Å²) < 4.78 is 19.6. The van der Waals surface area contributed by atoms with E-state index in [1.165, 1.54) is 0 Å². The molecule has 0 saturated carbocycles. The number of rotatable bonds is 6. The summed E-state index contributed by atoms with van der Waals surface area (Å²) in [6.45, 7) is 1.70. The number of pyridine rings is 1. The molecule has 144 valence electrons. The van der Waals surface area contributed by atoms with E-state index in [0.717, 1.165) is 5.69 Å². The molecule has 2 aliphatic heterocycles. The largest absolute Gasteiger partial charge is 0.423 e. The van der Waals surface area contributed by atoms with Crippen molar-refractivity contribution in [1.82, 2.24) is 30.5 Å². The quantitative estimate of drug-likeness (QED) is 0.685. The van der Waals surface area contributed by atoms with Crippen molar-refractivity contribution in [1.29, 1.82) is 0 Å². The minimum Gasteiger partial charge on any atom is -0.423 e. The van der Waals surface area contributed by atoms with Gasteiger partial charge in [0.05, 0.1) is 24.9 Å². The Morgan fingerprint density at radius 1 is 1.04 bits per heavy atom. The van der Waals surface area contributed by atoms with E-state index in [-0.39, 0.29) is 24.3 Å². The Kier molecular flexibility index (Phi) is 4.69. The van der Waals surface area contributed by atoms with Crippen molar-refractivity contribution < 1.29 is 14.2 Å². The van der Waals surface area contributed by atoms with Crippen LogP contribution < -0.4 is 10.1 Å². The predicted molar refractivity (Wildman–Crippen MR) is 97.7 cm³/mol. The first-order valence-corrected chi connectivity index (χ1v) is 9.26. The van der Waals surface area contributed by atoms with Crippen LogP contribution in [0, 0.1) is 0 Å². The Hall–Kier alpha value is -2.88. The highest BCUT2D eigenvalue weighted by Gasteiger charge is 2.49. The number of fused-ring (bicyclic) bond motifs is 1. The summed E-state index contributed by atoms with van der Waals surface area (Å²) in [4.78, 5) is 4.34. The summed E-state index contributed by atoms with van der Waals surface area (Å²) >= 11 is 0. The maximum absolute atomic E-state index is 6.04. The first-order chi connectivity index (χ1) is 13.9. The van der Waals surface area contributed by atoms with Crippen LogP contribution in [0.3, 0.4) is 0 Å². The zero-order valence-corrected chi connectivity index (χ0v) is 15.1. The van der Waals surface area contributed by atoms with Gasteiger partial charge in [-0.05, 0) is 34.7 Å². The van der Waals surface area contributed by atoms with E-state index < -0.39 is 0 Å². The van der Waals surface area contributed by atoms with Crippen LogP contribution in [0.5, 0.6) is 11.8 Å². The van der Waals surface area contributed by atoms with Crippen LogP contribution in [0.4, 0.5) is 0 Å². The number of aromatic nitrogens is 5. The molecule has 2 aromatic heterocycles. The third-order valence-corrected chi connectivity index (χ3v) is 5.03. The summed E-state index contributed by atoms with van der Waals surface area (Å²) in [6.07, 6.45) is 1.59. The number of tetrazole rings is 1. The number of benzene rings is 1. The van der Waals surface area contributed by atoms with Gasteiger partial charge >= 0.3 is 6.01 Å². The minimum absolute atomic E-state index is 0.0671. The Bertz CT molecular complexity index is 906. The molecule has 0 bridgehead atoms. The van der Waals surface area contributed by atoms with Gasteiger partial charge in [0.2, 0.25) is 0 Å². The van der Waals surface area contributed by atoms with Crippen molar-refractivity contribution in [3.05, 3.63) is 60.4 Å². The molecular formula is C19H20N6O3. The van der Waals surface area contributed by atoms with E-state index in [1.54, 1.807) is 10.9 Å². The van der Waals surface area contributed by atoms with Crippen LogP contribution in [0.25, 0.3) is 0 Å². The minimum atomic E-state index is -0.139. The fraction of sp³-hybridized carbons (Fsp3) is 0.368. The zero-order chi connectivity index (χ0) is 18.8. The molecule has 5 rings (SSSR count). The molecule has 0 amide bonds. The van der Waals surface area contributed by atoms with Crippen molar-refractivity contribution >= 4 is 0 Å². The second-order valence-electron chi connectivity index (χ2n) is 6.79. The summed E-state index contributed by atoms with van der Waals surface area (Å²) in [6, 6.07) is 15.6. The van der Waals surface area contributed by atoms with Crippen molar-refractivity contribution in [2.75, 3.05) is 13.2 Å². The van der Waals surface area contributed by atoms with Crippen molar-refractivity contribution in [3.63, 3.8) is 0 Å². The lowest BCUT2D eigenvalue weighted by atomic mass is 10.1. The van der Waals surface area contributed by atoms with Gasteiger partial charge < -0.3 is 19.5 Å². The summed E-state index contributed by atoms with van der Waals surface area (Å²) in [5, 5.41) is 15.4. The maximum Gasteiger partial charge on any atom is 0.341 e. The van der Waals surface area contributed by atoms with Crippen molar-refractivity contribution in [2.24, 2.45) is 0 Å². The van der Waals surface area contributed by atoms with Gasteiger partial charge in [0.25, 0.3) is 0 Å². The van der Waals surface area contributed by atoms with Crippen LogP contribution in [0.2, 0.25) is 0 Å². The summed E-state index contributed by atoms with van der Waals surface area (Å²) in [7, 11) is 0. The molecule has 4 atom stereocenters. The number of hydrogen-bond acceptors (Lipinski definition) is 8. The smallest absolute Gasteiger partial charge is 0.341 e. The van der Waals surface area contributed by atoms with Crippen LogP contribution in [0.1, 0.15) is 11.7 Å². The summed E-state index contributed by atoms with van der Waals surface area (Å²) in [5.41, 5.74) is 0.986. The first kappa shape index (κ1) is 17.2. The molecule has 0 aliphatic carbocycles. The fourth-order valence-corrected chi connectivity index (χ4v) is 3.66. The Balaban J connectivity index is 1.26. The fourth-order valence-electron chi connectivity index (χ4n) is 3.66. The van der Waals surface area contributed by atoms with Gasteiger partial charge in [-0.3, -0.25) is 4.98 Å². The van der Waals surface area contributed by atoms with Gasteiger partial charge in [-0.1, -0.05) is 29.4 Å². The topological polar surface area (TPSA) is 96.2 Å². The molecule has 28 heavy (non-hydrogen) atoms. The number of ether oxygens (including phenoxy) is 3. The lowest BCUT2D eigenvalue weighted by Crippen LogP contribution is -2.40. The van der Waals surface area contributed by atoms with Crippen LogP contribution in [-0.4, -0.2) is 56.7 Å². The number of para-hydroxylation sites is 1. The Morgan fingerprint density at radius 3 is 2.75 bits per heavy atom. The van der Waals surface area contributed by atoms with E-state index in [9.17, 15) is 0 Å². The van der Waals surface area contributed by atoms with Crippen LogP contribution in [-0.2, 0) is 16.0 Å². The molecule has 0 spiro atoms. The molecule has 0 unspecified atom stereocenters. The highest BCUT2D eigenvalue weighted by molar-refractivity contribution is 5.24. The normalized spacial score (nSPS) is 26.3. The van der Waals surface area contributed by atoms with Crippen molar-refractivity contribution in [2.45, 2.75) is 30.8 Å². The molecule has 2 fully saturated rings. The van der Waals surface area contributed by atoms with E-state index >= 15 is 0 Å². The Labute approximate surface area is 161 Å². The van der Waals surface area contributed by atoms with E-state index in [2.05, 4.69) is 25.8 Å². The second-order valence-corrected chi connectivity index (χ2v) is 6.79. The molecular weight excluding hydrogens is 360 g/mol. The first-order valence-electron chi connectivity index (χ1n) is 9.26. The van der Waals surface area contributed by atoms with Gasteiger partial charge in [-0.2, -0.15) is 4.68 Å². The van der Waals surface area contributed by atoms with Gasteiger partial charge in [0.15, 0.2) is 0 Å². The number of hydrogen-bond donors (Lipinski definition) is 1. The maximum atomic E-state index is 6.04. The van der Waals surface area contributed by atoms with Crippen LogP contribution in [0.15, 0.2) is 54.7 Å². The molecule has 9 nitrogen and oxygen atoms in total. The lowest BCUT2D eigenvalue weighted by Gasteiger charge is -2.18. The molecule has 1 N–H and O–H groups in total. The van der Waals surface area contributed by atoms with Gasteiger partial charge in [-0.25, -0.2) is 0 Å². The SMILES string of the molecule is c1ccc(Oc2nnnn2[C@H]2CO[C@H]3[C@@H]2OC[C@@H]3NCc2ccccn2)cc1. The highest BCUT2D eigenvalue weighted by atomic mass is 16.6. The number of nitrogens with zero attached hydrogens (tertiary/aromatic N) is 5. The standard InChI is InChI=1S/C19H20N6O3/c1-2-7-14(8-3-1)28-19-22-23-24-25(19)16-12-27-17-15(11-26-18(16)17)21-10-13-6-4-5-9-20-13/h1-9,15-18,21H,10-12H2/t15-,16-,17+,18+/m0/s1. The van der Waals surface area contributed by atoms with Gasteiger partial charge in [0, 0.05) is 12.7 Å². The van der Waals surface area contributed by atoms with E-state index in [4.69, 9.17) is 14.2 Å².